The first-order valence-corrected chi connectivity index (χ1v) is 7.80. The van der Waals surface area contributed by atoms with Crippen LogP contribution in [0.5, 0.6) is 0 Å². The molecule has 2 heterocycles. The van der Waals surface area contributed by atoms with Gasteiger partial charge in [-0.25, -0.2) is 9.97 Å². The topological polar surface area (TPSA) is 69.0 Å². The van der Waals surface area contributed by atoms with Crippen molar-refractivity contribution in [3.63, 3.8) is 0 Å². The molecule has 0 saturated carbocycles. The summed E-state index contributed by atoms with van der Waals surface area (Å²) in [6, 6.07) is 9.13. The number of imidazole rings is 1. The van der Waals surface area contributed by atoms with Crippen molar-refractivity contribution in [1.29, 1.82) is 0 Å². The molecule has 0 aliphatic heterocycles. The molecule has 1 atom stereocenters. The van der Waals surface area contributed by atoms with Crippen LogP contribution in [0.25, 0.3) is 11.2 Å². The zero-order valence-corrected chi connectivity index (χ0v) is 14.1. The fourth-order valence-electron chi connectivity index (χ4n) is 2.48. The standard InChI is InChI=1S/C17H17ClN4O2/c1-22-10-21-14-7-11(8-19-16(14)22)17(23)20-9-15(24-2)12-5-3-4-6-13(12)18/h3-8,10,15H,9H2,1-2H3,(H,20,23)/t15-/m0/s1. The van der Waals surface area contributed by atoms with Crippen molar-refractivity contribution in [1.82, 2.24) is 19.9 Å². The number of hydrogen-bond donors (Lipinski definition) is 1. The molecule has 1 N–H and O–H groups in total. The van der Waals surface area contributed by atoms with E-state index in [1.807, 2.05) is 25.2 Å². The highest BCUT2D eigenvalue weighted by Crippen LogP contribution is 2.24. The number of ether oxygens (including phenoxy) is 1. The average Bonchev–Trinajstić information content (AvgIpc) is 2.97. The molecule has 6 nitrogen and oxygen atoms in total. The molecule has 0 bridgehead atoms. The second kappa shape index (κ2) is 6.98. The largest absolute Gasteiger partial charge is 0.375 e. The number of carbonyl (C=O) groups excluding carboxylic acids is 1. The molecule has 0 spiro atoms. The van der Waals surface area contributed by atoms with Gasteiger partial charge in [-0.3, -0.25) is 4.79 Å². The number of pyridine rings is 1. The lowest BCUT2D eigenvalue weighted by atomic mass is 10.1. The number of hydrogen-bond acceptors (Lipinski definition) is 4. The Morgan fingerprint density at radius 2 is 2.17 bits per heavy atom. The Labute approximate surface area is 144 Å². The summed E-state index contributed by atoms with van der Waals surface area (Å²) in [4.78, 5) is 20.8. The molecule has 3 aromatic rings. The first-order valence-electron chi connectivity index (χ1n) is 7.42. The summed E-state index contributed by atoms with van der Waals surface area (Å²) in [5.41, 5.74) is 2.70. The highest BCUT2D eigenvalue weighted by molar-refractivity contribution is 6.31. The lowest BCUT2D eigenvalue weighted by Gasteiger charge is -2.17. The number of fused-ring (bicyclic) bond motifs is 1. The maximum atomic E-state index is 12.4. The zero-order valence-electron chi connectivity index (χ0n) is 13.4. The Hall–Kier alpha value is -2.44. The van der Waals surface area contributed by atoms with E-state index in [1.165, 1.54) is 6.20 Å². The van der Waals surface area contributed by atoms with E-state index in [4.69, 9.17) is 16.3 Å². The van der Waals surface area contributed by atoms with Gasteiger partial charge < -0.3 is 14.6 Å². The highest BCUT2D eigenvalue weighted by Gasteiger charge is 2.16. The summed E-state index contributed by atoms with van der Waals surface area (Å²) in [7, 11) is 3.44. The smallest absolute Gasteiger partial charge is 0.253 e. The van der Waals surface area contributed by atoms with Crippen LogP contribution >= 0.6 is 11.6 Å². The molecule has 24 heavy (non-hydrogen) atoms. The van der Waals surface area contributed by atoms with Gasteiger partial charge in [0.1, 0.15) is 11.6 Å². The van der Waals surface area contributed by atoms with E-state index >= 15 is 0 Å². The fraction of sp³-hybridized carbons (Fsp3) is 0.235. The number of halogens is 1. The number of aryl methyl sites for hydroxylation is 1. The van der Waals surface area contributed by atoms with Gasteiger partial charge in [-0.1, -0.05) is 29.8 Å². The number of carbonyl (C=O) groups is 1. The average molecular weight is 345 g/mol. The lowest BCUT2D eigenvalue weighted by Crippen LogP contribution is -2.29. The Morgan fingerprint density at radius 3 is 2.92 bits per heavy atom. The summed E-state index contributed by atoms with van der Waals surface area (Å²) in [5.74, 6) is -0.232. The van der Waals surface area contributed by atoms with Crippen molar-refractivity contribution >= 4 is 28.7 Å². The van der Waals surface area contributed by atoms with Crippen LogP contribution in [0, 0.1) is 0 Å². The number of benzene rings is 1. The number of nitrogens with zero attached hydrogens (tertiary/aromatic N) is 3. The van der Waals surface area contributed by atoms with Crippen LogP contribution in [0.3, 0.4) is 0 Å². The fourth-order valence-corrected chi connectivity index (χ4v) is 2.74. The number of rotatable bonds is 5. The molecular formula is C17H17ClN4O2. The minimum atomic E-state index is -0.325. The van der Waals surface area contributed by atoms with E-state index in [2.05, 4.69) is 15.3 Å². The van der Waals surface area contributed by atoms with Gasteiger partial charge in [0, 0.05) is 37.5 Å². The molecule has 7 heteroatoms. The Balaban J connectivity index is 1.72. The molecule has 0 aliphatic rings. The molecule has 0 saturated heterocycles. The maximum absolute atomic E-state index is 12.4. The van der Waals surface area contributed by atoms with Crippen molar-refractivity contribution < 1.29 is 9.53 Å². The molecule has 124 valence electrons. The van der Waals surface area contributed by atoms with Crippen molar-refractivity contribution in [2.24, 2.45) is 7.05 Å². The predicted octanol–water partition coefficient (Wildman–Crippen LogP) is 2.74. The van der Waals surface area contributed by atoms with Gasteiger partial charge in [0.05, 0.1) is 11.9 Å². The van der Waals surface area contributed by atoms with E-state index in [-0.39, 0.29) is 12.0 Å². The molecule has 1 aromatic carbocycles. The minimum Gasteiger partial charge on any atom is -0.375 e. The maximum Gasteiger partial charge on any atom is 0.253 e. The monoisotopic (exact) mass is 344 g/mol. The first-order chi connectivity index (χ1) is 11.6. The zero-order chi connectivity index (χ0) is 17.1. The normalized spacial score (nSPS) is 12.3. The Kier molecular flexibility index (Phi) is 4.78. The van der Waals surface area contributed by atoms with Crippen molar-refractivity contribution in [3.8, 4) is 0 Å². The SMILES string of the molecule is CO[C@@H](CNC(=O)c1cnc2c(c1)ncn2C)c1ccccc1Cl. The second-order valence-electron chi connectivity index (χ2n) is 5.38. The summed E-state index contributed by atoms with van der Waals surface area (Å²) in [6.45, 7) is 0.305. The van der Waals surface area contributed by atoms with Crippen molar-refractivity contribution in [2.45, 2.75) is 6.10 Å². The van der Waals surface area contributed by atoms with Crippen LogP contribution in [-0.4, -0.2) is 34.1 Å². The number of nitrogens with one attached hydrogen (secondary N) is 1. The van der Waals surface area contributed by atoms with Crippen LogP contribution in [0.1, 0.15) is 22.0 Å². The van der Waals surface area contributed by atoms with Crippen molar-refractivity contribution in [2.75, 3.05) is 13.7 Å². The van der Waals surface area contributed by atoms with E-state index in [0.717, 1.165) is 11.2 Å². The summed E-state index contributed by atoms with van der Waals surface area (Å²) >= 11 is 6.18. The molecule has 0 fully saturated rings. The summed E-state index contributed by atoms with van der Waals surface area (Å²) in [5, 5.41) is 3.46. The van der Waals surface area contributed by atoms with Crippen LogP contribution in [0.15, 0.2) is 42.9 Å². The number of methoxy groups -OCH3 is 1. The molecule has 1 amide bonds. The van der Waals surface area contributed by atoms with Gasteiger partial charge in [0.2, 0.25) is 0 Å². The minimum absolute atomic E-state index is 0.232. The molecule has 2 aromatic heterocycles. The van der Waals surface area contributed by atoms with E-state index < -0.39 is 0 Å². The van der Waals surface area contributed by atoms with Crippen molar-refractivity contribution in [3.05, 3.63) is 59.0 Å². The Morgan fingerprint density at radius 1 is 1.38 bits per heavy atom. The third-order valence-corrected chi connectivity index (χ3v) is 4.14. The third-order valence-electron chi connectivity index (χ3n) is 3.80. The van der Waals surface area contributed by atoms with Gasteiger partial charge in [0.25, 0.3) is 5.91 Å². The van der Waals surface area contributed by atoms with Gasteiger partial charge in [-0.05, 0) is 12.1 Å². The second-order valence-corrected chi connectivity index (χ2v) is 5.79. The van der Waals surface area contributed by atoms with Crippen LogP contribution in [0.2, 0.25) is 5.02 Å². The first kappa shape index (κ1) is 16.4. The Bertz CT molecular complexity index is 878. The number of aromatic nitrogens is 3. The van der Waals surface area contributed by atoms with Crippen LogP contribution < -0.4 is 5.32 Å². The van der Waals surface area contributed by atoms with Gasteiger partial charge >= 0.3 is 0 Å². The third kappa shape index (κ3) is 3.25. The molecule has 0 radical (unpaired) electrons. The summed E-state index contributed by atoms with van der Waals surface area (Å²) < 4.78 is 7.25. The van der Waals surface area contributed by atoms with E-state index in [9.17, 15) is 4.79 Å². The molecule has 3 rings (SSSR count). The summed E-state index contributed by atoms with van der Waals surface area (Å²) in [6.07, 6.45) is 2.88. The quantitative estimate of drug-likeness (QED) is 0.772. The predicted molar refractivity (Wildman–Crippen MR) is 92.0 cm³/mol. The van der Waals surface area contributed by atoms with Crippen LogP contribution in [-0.2, 0) is 11.8 Å². The van der Waals surface area contributed by atoms with E-state index in [0.29, 0.717) is 22.6 Å². The van der Waals surface area contributed by atoms with Gasteiger partial charge in [0.15, 0.2) is 5.65 Å². The van der Waals surface area contributed by atoms with Crippen LogP contribution in [0.4, 0.5) is 0 Å². The highest BCUT2D eigenvalue weighted by atomic mass is 35.5. The number of amides is 1. The molecule has 0 aliphatic carbocycles. The molecule has 0 unspecified atom stereocenters. The lowest BCUT2D eigenvalue weighted by molar-refractivity contribution is 0.0828. The van der Waals surface area contributed by atoms with E-state index in [1.54, 1.807) is 30.1 Å². The molecular weight excluding hydrogens is 328 g/mol. The van der Waals surface area contributed by atoms with Gasteiger partial charge in [-0.2, -0.15) is 0 Å². The van der Waals surface area contributed by atoms with Gasteiger partial charge in [-0.15, -0.1) is 0 Å².